The number of oxazole rings is 2. The molecule has 8 rings (SSSR count). The zero-order valence-corrected chi connectivity index (χ0v) is 81.6. The van der Waals surface area contributed by atoms with Crippen molar-refractivity contribution < 1.29 is 8.83 Å². The van der Waals surface area contributed by atoms with Gasteiger partial charge in [0.1, 0.15) is 11.5 Å². The summed E-state index contributed by atoms with van der Waals surface area (Å²) in [5, 5.41) is 25.0. The molecule has 8 aromatic rings. The summed E-state index contributed by atoms with van der Waals surface area (Å²) in [6.07, 6.45) is 49.1. The lowest BCUT2D eigenvalue weighted by atomic mass is 10.1. The maximum absolute atomic E-state index is 5.67. The molecule has 0 bridgehead atoms. The molecular weight excluding hydrogens is 1430 g/mol. The van der Waals surface area contributed by atoms with Crippen LogP contribution in [0.25, 0.3) is 0 Å². The number of rotatable bonds is 38. The number of hydrogen-bond donors (Lipinski definition) is 0. The van der Waals surface area contributed by atoms with E-state index < -0.39 is 0 Å². The van der Waals surface area contributed by atoms with Gasteiger partial charge in [0, 0.05) is 99.6 Å². The van der Waals surface area contributed by atoms with Crippen LogP contribution in [-0.2, 0) is 51.7 Å². The number of aryl methyl sites for hydroxylation is 8. The Bertz CT molecular complexity index is 2930. The van der Waals surface area contributed by atoms with E-state index in [2.05, 4.69) is 357 Å². The first-order valence-corrected chi connectivity index (χ1v) is 45.8. The minimum atomic E-state index is 0.391. The van der Waals surface area contributed by atoms with Gasteiger partial charge < -0.3 is 18.0 Å². The minimum Gasteiger partial charge on any atom is -0.446 e. The van der Waals surface area contributed by atoms with E-state index in [1.54, 1.807) is 0 Å². The summed E-state index contributed by atoms with van der Waals surface area (Å²) in [5.74, 6) is 13.9. The third-order valence-corrected chi connectivity index (χ3v) is 19.1. The Morgan fingerprint density at radius 2 is 0.828 bits per heavy atom. The van der Waals surface area contributed by atoms with Gasteiger partial charge >= 0.3 is 0 Å². The number of nitrogens with zero attached hydrogens (tertiary/aromatic N) is 16. The second kappa shape index (κ2) is 62.4. The molecule has 0 saturated heterocycles. The van der Waals surface area contributed by atoms with Gasteiger partial charge in [-0.15, -0.1) is 10.2 Å². The van der Waals surface area contributed by atoms with E-state index in [1.165, 1.54) is 99.6 Å². The topological polar surface area (TPSA) is 185 Å². The molecule has 8 aromatic heterocycles. The Labute approximate surface area is 712 Å². The molecule has 0 saturated carbocycles. The highest BCUT2D eigenvalue weighted by Crippen LogP contribution is 2.22. The van der Waals surface area contributed by atoms with Crippen LogP contribution in [0, 0.1) is 59.2 Å². The molecule has 0 aliphatic carbocycles. The van der Waals surface area contributed by atoms with Crippen LogP contribution in [-0.4, -0.2) is 78.6 Å². The fourth-order valence-electron chi connectivity index (χ4n) is 10.4. The van der Waals surface area contributed by atoms with E-state index in [9.17, 15) is 0 Å². The van der Waals surface area contributed by atoms with Crippen molar-refractivity contribution in [2.45, 2.75) is 426 Å². The molecule has 0 amide bonds. The molecular formula is C98H180N16O2. The minimum absolute atomic E-state index is 0.391. The van der Waals surface area contributed by atoms with Crippen LogP contribution in [0.2, 0.25) is 0 Å². The fourth-order valence-corrected chi connectivity index (χ4v) is 10.4. The van der Waals surface area contributed by atoms with Crippen LogP contribution in [0.3, 0.4) is 0 Å². The van der Waals surface area contributed by atoms with Gasteiger partial charge in [0.15, 0.2) is 11.8 Å². The first-order chi connectivity index (χ1) is 54.4. The Morgan fingerprint density at radius 1 is 0.328 bits per heavy atom. The summed E-state index contributed by atoms with van der Waals surface area (Å²) >= 11 is 0. The number of aromatic nitrogens is 16. The monoisotopic (exact) mass is 1610 g/mol. The van der Waals surface area contributed by atoms with E-state index in [0.717, 1.165) is 146 Å². The zero-order chi connectivity index (χ0) is 88.2. The third kappa shape index (κ3) is 56.6. The van der Waals surface area contributed by atoms with E-state index in [1.807, 2.05) is 57.7 Å². The average molecular weight is 1610 g/mol. The van der Waals surface area contributed by atoms with E-state index in [0.29, 0.717) is 47.7 Å². The van der Waals surface area contributed by atoms with Crippen molar-refractivity contribution in [2.24, 2.45) is 59.2 Å². The van der Waals surface area contributed by atoms with Gasteiger partial charge in [0.2, 0.25) is 0 Å². The van der Waals surface area contributed by atoms with Crippen molar-refractivity contribution >= 4 is 0 Å². The van der Waals surface area contributed by atoms with Gasteiger partial charge in [0.25, 0.3) is 0 Å². The maximum atomic E-state index is 5.67. The van der Waals surface area contributed by atoms with E-state index in [4.69, 9.17) is 8.83 Å². The van der Waals surface area contributed by atoms with Gasteiger partial charge in [-0.2, -0.15) is 10.2 Å². The standard InChI is InChI=1S/2C13H24N2.C13H23NO.C12H23N3.C12H24.2C9H16N2.C9H15NO.C8H15N3/c1-11(2)5-6-13-9-15(10-14-13)8-7-12(3)4;1-11(2)5-6-13-9-14-15(10-13)8-7-12(3)4;1-10(2)5-7-12-9-14-13(15-12)8-6-11(3)4;1-10(2)5-6-12-9-15(14-13-12)8-7-11(3)4;1-11(2)9-7-5-6-8-10-12(3)4;1-7(2)9-5-11(6-10-9)8(3)4;1-7(2)9-5-10-11(6-9)8(3)4;1-6(2)8-5-10-9(11-8)7(3)4;1-6(2)8-5-11(7(3)4)10-9-8/h2*9-12H,5-8H2,1-4H3;2*9-11H,5-8H2,1-4H3;5-6,11-12H,7-10H2,1-4H3;2*5-8H,1-4H3;2*5-7H,1-4H3/b;;;;6-5+;;;;. The van der Waals surface area contributed by atoms with E-state index >= 15 is 0 Å². The van der Waals surface area contributed by atoms with Crippen molar-refractivity contribution in [3.05, 3.63) is 144 Å². The van der Waals surface area contributed by atoms with Gasteiger partial charge in [-0.3, -0.25) is 14.0 Å². The summed E-state index contributed by atoms with van der Waals surface area (Å²) in [6, 6.07) is 1.41. The molecule has 0 unspecified atom stereocenters. The highest BCUT2D eigenvalue weighted by Gasteiger charge is 2.13. The highest BCUT2D eigenvalue weighted by atomic mass is 16.4. The quantitative estimate of drug-likeness (QED) is 0.0334. The lowest BCUT2D eigenvalue weighted by Gasteiger charge is -2.04. The molecule has 18 nitrogen and oxygen atoms in total. The normalized spacial score (nSPS) is 11.6. The van der Waals surface area contributed by atoms with Crippen molar-refractivity contribution in [3.8, 4) is 0 Å². The molecule has 0 aromatic carbocycles. The molecule has 0 radical (unpaired) electrons. The third-order valence-electron chi connectivity index (χ3n) is 19.1. The summed E-state index contributed by atoms with van der Waals surface area (Å²) in [7, 11) is 0. The van der Waals surface area contributed by atoms with Gasteiger partial charge in [0.05, 0.1) is 60.2 Å². The predicted molar refractivity (Wildman–Crippen MR) is 495 cm³/mol. The molecule has 0 spiro atoms. The molecule has 664 valence electrons. The van der Waals surface area contributed by atoms with Crippen molar-refractivity contribution in [2.75, 3.05) is 0 Å². The highest BCUT2D eigenvalue weighted by molar-refractivity contribution is 5.09. The first-order valence-electron chi connectivity index (χ1n) is 45.8. The zero-order valence-electron chi connectivity index (χ0n) is 81.6. The van der Waals surface area contributed by atoms with Crippen LogP contribution in [0.1, 0.15) is 431 Å². The molecule has 8 heterocycles. The van der Waals surface area contributed by atoms with Crippen LogP contribution in [0.4, 0.5) is 0 Å². The van der Waals surface area contributed by atoms with Gasteiger partial charge in [-0.1, -0.05) is 230 Å². The van der Waals surface area contributed by atoms with Crippen LogP contribution >= 0.6 is 0 Å². The maximum Gasteiger partial charge on any atom is 0.196 e. The van der Waals surface area contributed by atoms with Crippen molar-refractivity contribution in [3.63, 3.8) is 0 Å². The van der Waals surface area contributed by atoms with Gasteiger partial charge in [-0.25, -0.2) is 24.6 Å². The summed E-state index contributed by atoms with van der Waals surface area (Å²) in [4.78, 5) is 17.2. The molecule has 18 heteroatoms. The Balaban J connectivity index is 0.00000129. The smallest absolute Gasteiger partial charge is 0.196 e. The molecule has 0 N–H and O–H groups in total. The number of allylic oxidation sites excluding steroid dienone is 2. The summed E-state index contributed by atoms with van der Waals surface area (Å²) in [6.45, 7) is 82.3. The second-order valence-electron chi connectivity index (χ2n) is 38.8. The predicted octanol–water partition coefficient (Wildman–Crippen LogP) is 28.3. The average Bonchev–Trinajstić information content (AvgIpc) is 1.76. The van der Waals surface area contributed by atoms with Crippen LogP contribution < -0.4 is 0 Å². The number of hydrogen-bond acceptors (Lipinski definition) is 12. The van der Waals surface area contributed by atoms with E-state index in [-0.39, 0.29) is 0 Å². The SMILES string of the molecule is CC(C)CC/C=C/CCC(C)C.CC(C)CCc1cn(CCC(C)C)cn1.CC(C)CCc1cn(CCC(C)C)nn1.CC(C)CCc1cnc(CCC(C)C)o1.CC(C)CCc1cnn(CCC(C)C)c1.CC(C)c1cn(C(C)C)cn1.CC(C)c1cn(C(C)C)nn1.CC(C)c1cnc(C(C)C)o1.CC(C)c1cnn(C(C)C)c1. The Hall–Kier alpha value is -6.72. The van der Waals surface area contributed by atoms with Crippen LogP contribution in [0.15, 0.2) is 95.6 Å². The van der Waals surface area contributed by atoms with Gasteiger partial charge in [-0.05, 0) is 226 Å². The molecule has 0 aliphatic heterocycles. The lowest BCUT2D eigenvalue weighted by Crippen LogP contribution is -2.01. The molecule has 0 atom stereocenters. The Morgan fingerprint density at radius 3 is 1.25 bits per heavy atom. The van der Waals surface area contributed by atoms with Crippen LogP contribution in [0.5, 0.6) is 0 Å². The summed E-state index contributed by atoms with van der Waals surface area (Å²) in [5.41, 5.74) is 7.32. The molecule has 116 heavy (non-hydrogen) atoms. The largest absolute Gasteiger partial charge is 0.446 e. The molecule has 0 fully saturated rings. The van der Waals surface area contributed by atoms with Crippen molar-refractivity contribution in [1.82, 2.24) is 78.6 Å². The molecule has 0 aliphatic rings. The number of imidazole rings is 2. The summed E-state index contributed by atoms with van der Waals surface area (Å²) < 4.78 is 23.4. The second-order valence-corrected chi connectivity index (χ2v) is 38.8. The lowest BCUT2D eigenvalue weighted by molar-refractivity contribution is 0.420. The fraction of sp³-hybridized carbons (Fsp3) is 0.755. The first kappa shape index (κ1) is 109. The van der Waals surface area contributed by atoms with Crippen molar-refractivity contribution in [1.29, 1.82) is 0 Å². The Kier molecular flexibility index (Phi) is 58.8.